The Hall–Kier alpha value is -2.67. The maximum absolute atomic E-state index is 13.2. The number of nitrogens with zero attached hydrogens (tertiary/aromatic N) is 3. The molecule has 6 nitrogen and oxygen atoms in total. The number of rotatable bonds is 11. The molecule has 0 aliphatic carbocycles. The van der Waals surface area contributed by atoms with Crippen molar-refractivity contribution in [3.8, 4) is 0 Å². The fraction of sp³-hybridized carbons (Fsp3) is 0.455. The van der Waals surface area contributed by atoms with Crippen LogP contribution in [0.3, 0.4) is 0 Å². The molecule has 0 fully saturated rings. The number of aromatic nitrogens is 1. The van der Waals surface area contributed by atoms with Crippen LogP contribution in [0.15, 0.2) is 42.6 Å². The van der Waals surface area contributed by atoms with Gasteiger partial charge in [0.25, 0.3) is 5.91 Å². The molecule has 158 valence electrons. The summed E-state index contributed by atoms with van der Waals surface area (Å²) in [6.45, 7) is 3.74. The number of carbonyl (C=O) groups excluding carboxylic acids is 2. The SMILES string of the molecule is CCCCN(Cc1cccn1C)C(=O)CN(CCOC)C(=O)c1ccc(F)cc1. The number of carbonyl (C=O) groups is 2. The molecule has 1 aromatic carbocycles. The third-order valence-corrected chi connectivity index (χ3v) is 4.81. The van der Waals surface area contributed by atoms with Crippen LogP contribution in [0.25, 0.3) is 0 Å². The van der Waals surface area contributed by atoms with Crippen LogP contribution in [0.2, 0.25) is 0 Å². The summed E-state index contributed by atoms with van der Waals surface area (Å²) in [5.41, 5.74) is 1.38. The number of hydrogen-bond acceptors (Lipinski definition) is 3. The highest BCUT2D eigenvalue weighted by Gasteiger charge is 2.22. The second kappa shape index (κ2) is 11.4. The Labute approximate surface area is 171 Å². The molecular formula is C22H30FN3O3. The van der Waals surface area contributed by atoms with Crippen LogP contribution in [0.5, 0.6) is 0 Å². The zero-order valence-electron chi connectivity index (χ0n) is 17.4. The molecular weight excluding hydrogens is 373 g/mol. The Morgan fingerprint density at radius 1 is 1.10 bits per heavy atom. The predicted molar refractivity (Wildman–Crippen MR) is 110 cm³/mol. The second-order valence-corrected chi connectivity index (χ2v) is 7.01. The molecule has 7 heteroatoms. The molecule has 2 rings (SSSR count). The van der Waals surface area contributed by atoms with Gasteiger partial charge in [-0.05, 0) is 42.8 Å². The molecule has 1 aromatic heterocycles. The fourth-order valence-electron chi connectivity index (χ4n) is 2.99. The number of hydrogen-bond donors (Lipinski definition) is 0. The van der Waals surface area contributed by atoms with E-state index in [4.69, 9.17) is 4.74 Å². The van der Waals surface area contributed by atoms with E-state index in [9.17, 15) is 14.0 Å². The highest BCUT2D eigenvalue weighted by Crippen LogP contribution is 2.11. The molecule has 2 aromatic rings. The van der Waals surface area contributed by atoms with Gasteiger partial charge in [-0.3, -0.25) is 9.59 Å². The summed E-state index contributed by atoms with van der Waals surface area (Å²) >= 11 is 0. The molecule has 0 radical (unpaired) electrons. The van der Waals surface area contributed by atoms with Crippen molar-refractivity contribution in [3.63, 3.8) is 0 Å². The molecule has 0 unspecified atom stereocenters. The van der Waals surface area contributed by atoms with Crippen LogP contribution >= 0.6 is 0 Å². The van der Waals surface area contributed by atoms with E-state index in [0.29, 0.717) is 25.3 Å². The first-order valence-electron chi connectivity index (χ1n) is 9.88. The first kappa shape index (κ1) is 22.6. The highest BCUT2D eigenvalue weighted by atomic mass is 19.1. The van der Waals surface area contributed by atoms with E-state index < -0.39 is 5.82 Å². The van der Waals surface area contributed by atoms with Gasteiger partial charge in [-0.2, -0.15) is 0 Å². The maximum atomic E-state index is 13.2. The van der Waals surface area contributed by atoms with Gasteiger partial charge in [0.05, 0.1) is 13.2 Å². The van der Waals surface area contributed by atoms with Crippen LogP contribution in [0.4, 0.5) is 4.39 Å². The third kappa shape index (κ3) is 6.71. The van der Waals surface area contributed by atoms with Crippen LogP contribution in [0.1, 0.15) is 35.8 Å². The average Bonchev–Trinajstić information content (AvgIpc) is 3.12. The van der Waals surface area contributed by atoms with Crippen LogP contribution < -0.4 is 0 Å². The molecule has 0 bridgehead atoms. The van der Waals surface area contributed by atoms with E-state index in [1.54, 1.807) is 12.0 Å². The van der Waals surface area contributed by atoms with Crippen LogP contribution in [-0.2, 0) is 23.1 Å². The Morgan fingerprint density at radius 2 is 1.83 bits per heavy atom. The minimum absolute atomic E-state index is 0.0479. The van der Waals surface area contributed by atoms with Gasteiger partial charge in [0.1, 0.15) is 12.4 Å². The van der Waals surface area contributed by atoms with Gasteiger partial charge in [-0.25, -0.2) is 4.39 Å². The van der Waals surface area contributed by atoms with E-state index in [2.05, 4.69) is 6.92 Å². The minimum atomic E-state index is -0.408. The van der Waals surface area contributed by atoms with Gasteiger partial charge in [0.15, 0.2) is 0 Å². The number of unbranched alkanes of at least 4 members (excludes halogenated alkanes) is 1. The van der Waals surface area contributed by atoms with E-state index in [-0.39, 0.29) is 24.9 Å². The minimum Gasteiger partial charge on any atom is -0.383 e. The Morgan fingerprint density at radius 3 is 2.41 bits per heavy atom. The summed E-state index contributed by atoms with van der Waals surface area (Å²) in [5.74, 6) is -0.842. The third-order valence-electron chi connectivity index (χ3n) is 4.81. The van der Waals surface area contributed by atoms with Crippen molar-refractivity contribution >= 4 is 11.8 Å². The Balaban J connectivity index is 2.14. The van der Waals surface area contributed by atoms with Gasteiger partial charge < -0.3 is 19.1 Å². The first-order valence-corrected chi connectivity index (χ1v) is 9.88. The van der Waals surface area contributed by atoms with Gasteiger partial charge >= 0.3 is 0 Å². The van der Waals surface area contributed by atoms with Gasteiger partial charge in [-0.15, -0.1) is 0 Å². The number of ether oxygens (including phenoxy) is 1. The van der Waals surface area contributed by atoms with Crippen molar-refractivity contribution in [2.45, 2.75) is 26.3 Å². The number of halogens is 1. The zero-order valence-corrected chi connectivity index (χ0v) is 17.4. The van der Waals surface area contributed by atoms with Crippen molar-refractivity contribution in [1.82, 2.24) is 14.4 Å². The molecule has 0 atom stereocenters. The summed E-state index contributed by atoms with van der Waals surface area (Å²) in [5, 5.41) is 0. The maximum Gasteiger partial charge on any atom is 0.254 e. The van der Waals surface area contributed by atoms with E-state index in [0.717, 1.165) is 18.5 Å². The zero-order chi connectivity index (χ0) is 21.2. The summed E-state index contributed by atoms with van der Waals surface area (Å²) in [6.07, 6.45) is 3.81. The number of methoxy groups -OCH3 is 1. The standard InChI is InChI=1S/C22H30FN3O3/c1-4-5-13-25(16-20-7-6-12-24(20)2)21(27)17-26(14-15-29-3)22(28)18-8-10-19(23)11-9-18/h6-12H,4-5,13-17H2,1-3H3. The average molecular weight is 403 g/mol. The lowest BCUT2D eigenvalue weighted by atomic mass is 10.2. The molecule has 0 N–H and O–H groups in total. The number of amides is 2. The van der Waals surface area contributed by atoms with Crippen molar-refractivity contribution in [3.05, 3.63) is 59.7 Å². The quantitative estimate of drug-likeness (QED) is 0.579. The van der Waals surface area contributed by atoms with E-state index >= 15 is 0 Å². The van der Waals surface area contributed by atoms with Crippen LogP contribution in [-0.4, -0.2) is 59.5 Å². The number of benzene rings is 1. The van der Waals surface area contributed by atoms with Gasteiger partial charge in [0, 0.05) is 44.7 Å². The summed E-state index contributed by atoms with van der Waals surface area (Å²) in [7, 11) is 3.49. The lowest BCUT2D eigenvalue weighted by Crippen LogP contribution is -2.44. The summed E-state index contributed by atoms with van der Waals surface area (Å²) < 4.78 is 20.3. The van der Waals surface area contributed by atoms with E-state index in [1.165, 1.54) is 29.2 Å². The van der Waals surface area contributed by atoms with Crippen molar-refractivity contribution in [2.24, 2.45) is 7.05 Å². The monoisotopic (exact) mass is 403 g/mol. The Bertz CT molecular complexity index is 789. The highest BCUT2D eigenvalue weighted by molar-refractivity contribution is 5.96. The molecule has 0 saturated heterocycles. The molecule has 0 spiro atoms. The van der Waals surface area contributed by atoms with Crippen LogP contribution in [0, 0.1) is 5.82 Å². The fourth-order valence-corrected chi connectivity index (χ4v) is 2.99. The molecule has 0 aliphatic heterocycles. The van der Waals surface area contributed by atoms with Gasteiger partial charge in [-0.1, -0.05) is 13.3 Å². The molecule has 0 saturated carbocycles. The second-order valence-electron chi connectivity index (χ2n) is 7.01. The first-order chi connectivity index (χ1) is 14.0. The lowest BCUT2D eigenvalue weighted by Gasteiger charge is -2.28. The Kier molecular flexibility index (Phi) is 8.86. The van der Waals surface area contributed by atoms with Crippen molar-refractivity contribution in [1.29, 1.82) is 0 Å². The summed E-state index contributed by atoms with van der Waals surface area (Å²) in [6, 6.07) is 9.28. The number of aryl methyl sites for hydroxylation is 1. The van der Waals surface area contributed by atoms with Crippen molar-refractivity contribution < 1.29 is 18.7 Å². The largest absolute Gasteiger partial charge is 0.383 e. The molecule has 29 heavy (non-hydrogen) atoms. The molecule has 1 heterocycles. The molecule has 0 aliphatic rings. The molecule has 2 amide bonds. The summed E-state index contributed by atoms with van der Waals surface area (Å²) in [4.78, 5) is 29.2. The smallest absolute Gasteiger partial charge is 0.254 e. The lowest BCUT2D eigenvalue weighted by molar-refractivity contribution is -0.132. The normalized spacial score (nSPS) is 10.8. The van der Waals surface area contributed by atoms with Gasteiger partial charge in [0.2, 0.25) is 5.91 Å². The topological polar surface area (TPSA) is 54.8 Å². The van der Waals surface area contributed by atoms with E-state index in [1.807, 2.05) is 29.9 Å². The van der Waals surface area contributed by atoms with Crippen molar-refractivity contribution in [2.75, 3.05) is 33.4 Å². The predicted octanol–water partition coefficient (Wildman–Crippen LogP) is 3.08.